The van der Waals surface area contributed by atoms with Gasteiger partial charge < -0.3 is 10.2 Å². The second-order valence-corrected chi connectivity index (χ2v) is 4.26. The van der Waals surface area contributed by atoms with E-state index in [1.54, 1.807) is 0 Å². The molecule has 2 nitrogen and oxygen atoms in total. The van der Waals surface area contributed by atoms with E-state index in [1.165, 1.54) is 0 Å². The van der Waals surface area contributed by atoms with Crippen molar-refractivity contribution in [2.24, 2.45) is 11.7 Å². The first-order chi connectivity index (χ1) is 5.85. The molecule has 2 heteroatoms. The molecule has 1 heterocycles. The van der Waals surface area contributed by atoms with Crippen LogP contribution >= 0.6 is 0 Å². The largest absolute Gasteiger partial charge is 0.466 e. The highest BCUT2D eigenvalue weighted by molar-refractivity contribution is 5.28. The van der Waals surface area contributed by atoms with Gasteiger partial charge in [0, 0.05) is 11.1 Å². The van der Waals surface area contributed by atoms with E-state index in [0.717, 1.165) is 17.1 Å². The predicted molar refractivity (Wildman–Crippen MR) is 54.6 cm³/mol. The number of furan rings is 1. The van der Waals surface area contributed by atoms with Crippen LogP contribution in [-0.2, 0) is 5.54 Å². The van der Waals surface area contributed by atoms with Crippen molar-refractivity contribution >= 4 is 0 Å². The fourth-order valence-electron chi connectivity index (χ4n) is 1.48. The summed E-state index contributed by atoms with van der Waals surface area (Å²) in [4.78, 5) is 0. The van der Waals surface area contributed by atoms with Gasteiger partial charge in [-0.2, -0.15) is 0 Å². The Hall–Kier alpha value is -0.760. The van der Waals surface area contributed by atoms with Crippen LogP contribution in [0.3, 0.4) is 0 Å². The highest BCUT2D eigenvalue weighted by Crippen LogP contribution is 2.30. The van der Waals surface area contributed by atoms with Crippen LogP contribution < -0.4 is 5.73 Å². The highest BCUT2D eigenvalue weighted by Gasteiger charge is 2.28. The summed E-state index contributed by atoms with van der Waals surface area (Å²) in [5.74, 6) is 2.28. The Labute approximate surface area is 80.1 Å². The summed E-state index contributed by atoms with van der Waals surface area (Å²) in [5, 5.41) is 0. The standard InChI is InChI=1S/C11H19NO/c1-7(2)11(5,12)10-6-8(3)13-9(10)4/h6-7H,12H2,1-5H3. The van der Waals surface area contributed by atoms with E-state index in [4.69, 9.17) is 10.2 Å². The molecule has 0 radical (unpaired) electrons. The van der Waals surface area contributed by atoms with E-state index in [-0.39, 0.29) is 5.54 Å². The molecule has 0 aromatic carbocycles. The van der Waals surface area contributed by atoms with E-state index in [1.807, 2.05) is 19.9 Å². The number of hydrogen-bond donors (Lipinski definition) is 1. The van der Waals surface area contributed by atoms with E-state index in [0.29, 0.717) is 5.92 Å². The van der Waals surface area contributed by atoms with Crippen LogP contribution in [-0.4, -0.2) is 0 Å². The maximum absolute atomic E-state index is 6.24. The third-order valence-corrected chi connectivity index (χ3v) is 2.82. The van der Waals surface area contributed by atoms with Gasteiger partial charge in [-0.05, 0) is 32.8 Å². The monoisotopic (exact) mass is 181 g/mol. The van der Waals surface area contributed by atoms with E-state index in [9.17, 15) is 0 Å². The Morgan fingerprint density at radius 2 is 1.92 bits per heavy atom. The van der Waals surface area contributed by atoms with Crippen molar-refractivity contribution in [2.75, 3.05) is 0 Å². The fraction of sp³-hybridized carbons (Fsp3) is 0.636. The number of rotatable bonds is 2. The van der Waals surface area contributed by atoms with Crippen molar-refractivity contribution in [1.29, 1.82) is 0 Å². The van der Waals surface area contributed by atoms with Gasteiger partial charge >= 0.3 is 0 Å². The minimum atomic E-state index is -0.290. The smallest absolute Gasteiger partial charge is 0.106 e. The summed E-state index contributed by atoms with van der Waals surface area (Å²) in [6.45, 7) is 10.2. The Morgan fingerprint density at radius 3 is 2.23 bits per heavy atom. The molecule has 0 fully saturated rings. The molecule has 0 aliphatic heterocycles. The predicted octanol–water partition coefficient (Wildman–Crippen LogP) is 2.73. The normalized spacial score (nSPS) is 16.2. The van der Waals surface area contributed by atoms with E-state index < -0.39 is 0 Å². The zero-order valence-corrected chi connectivity index (χ0v) is 9.14. The lowest BCUT2D eigenvalue weighted by Gasteiger charge is -2.28. The van der Waals surface area contributed by atoms with Crippen LogP contribution in [0.1, 0.15) is 37.9 Å². The Morgan fingerprint density at radius 1 is 1.38 bits per heavy atom. The van der Waals surface area contributed by atoms with Crippen molar-refractivity contribution in [2.45, 2.75) is 40.2 Å². The lowest BCUT2D eigenvalue weighted by atomic mass is 9.83. The summed E-state index contributed by atoms with van der Waals surface area (Å²) in [7, 11) is 0. The number of nitrogens with two attached hydrogens (primary N) is 1. The van der Waals surface area contributed by atoms with Gasteiger partial charge in [0.05, 0.1) is 0 Å². The van der Waals surface area contributed by atoms with Crippen LogP contribution in [0.25, 0.3) is 0 Å². The zero-order chi connectivity index (χ0) is 10.2. The molecule has 1 rings (SSSR count). The molecule has 74 valence electrons. The molecule has 0 bridgehead atoms. The van der Waals surface area contributed by atoms with Crippen molar-refractivity contribution in [3.05, 3.63) is 23.2 Å². The van der Waals surface area contributed by atoms with Crippen molar-refractivity contribution in [3.8, 4) is 0 Å². The molecule has 2 N–H and O–H groups in total. The molecular weight excluding hydrogens is 162 g/mol. The maximum atomic E-state index is 6.24. The molecular formula is C11H19NO. The summed E-state index contributed by atoms with van der Waals surface area (Å²) in [5.41, 5.74) is 7.07. The molecule has 0 amide bonds. The van der Waals surface area contributed by atoms with Gasteiger partial charge in [0.2, 0.25) is 0 Å². The molecule has 0 saturated heterocycles. The highest BCUT2D eigenvalue weighted by atomic mass is 16.3. The molecule has 1 aromatic heterocycles. The molecule has 0 saturated carbocycles. The SMILES string of the molecule is Cc1cc(C(C)(N)C(C)C)c(C)o1. The zero-order valence-electron chi connectivity index (χ0n) is 9.14. The van der Waals surface area contributed by atoms with Crippen LogP contribution in [0.5, 0.6) is 0 Å². The van der Waals surface area contributed by atoms with Gasteiger partial charge in [0.25, 0.3) is 0 Å². The second kappa shape index (κ2) is 3.18. The van der Waals surface area contributed by atoms with Crippen molar-refractivity contribution in [3.63, 3.8) is 0 Å². The van der Waals surface area contributed by atoms with Crippen molar-refractivity contribution in [1.82, 2.24) is 0 Å². The van der Waals surface area contributed by atoms with Crippen LogP contribution in [0, 0.1) is 19.8 Å². The van der Waals surface area contributed by atoms with Gasteiger partial charge in [-0.15, -0.1) is 0 Å². The lowest BCUT2D eigenvalue weighted by molar-refractivity contribution is 0.343. The average molecular weight is 181 g/mol. The first-order valence-corrected chi connectivity index (χ1v) is 4.72. The first kappa shape index (κ1) is 10.3. The van der Waals surface area contributed by atoms with Gasteiger partial charge in [0.1, 0.15) is 11.5 Å². The molecule has 0 aliphatic carbocycles. The topological polar surface area (TPSA) is 39.2 Å². The second-order valence-electron chi connectivity index (χ2n) is 4.26. The lowest BCUT2D eigenvalue weighted by Crippen LogP contribution is -2.38. The van der Waals surface area contributed by atoms with Gasteiger partial charge in [-0.25, -0.2) is 0 Å². The fourth-order valence-corrected chi connectivity index (χ4v) is 1.48. The minimum absolute atomic E-state index is 0.290. The average Bonchev–Trinajstić information content (AvgIpc) is 2.30. The molecule has 1 atom stereocenters. The first-order valence-electron chi connectivity index (χ1n) is 4.72. The minimum Gasteiger partial charge on any atom is -0.466 e. The Bertz CT molecular complexity index is 297. The van der Waals surface area contributed by atoms with Gasteiger partial charge in [-0.1, -0.05) is 13.8 Å². The van der Waals surface area contributed by atoms with E-state index in [2.05, 4.69) is 20.8 Å². The van der Waals surface area contributed by atoms with Crippen molar-refractivity contribution < 1.29 is 4.42 Å². The Balaban J connectivity index is 3.13. The summed E-state index contributed by atoms with van der Waals surface area (Å²) >= 11 is 0. The molecule has 13 heavy (non-hydrogen) atoms. The third kappa shape index (κ3) is 1.78. The summed E-state index contributed by atoms with van der Waals surface area (Å²) in [6, 6.07) is 2.04. The molecule has 1 aromatic rings. The summed E-state index contributed by atoms with van der Waals surface area (Å²) < 4.78 is 5.47. The van der Waals surface area contributed by atoms with Crippen LogP contribution in [0.15, 0.2) is 10.5 Å². The number of hydrogen-bond acceptors (Lipinski definition) is 2. The molecule has 1 unspecified atom stereocenters. The number of aryl methyl sites for hydroxylation is 2. The van der Waals surface area contributed by atoms with Crippen LogP contribution in [0.2, 0.25) is 0 Å². The summed E-state index contributed by atoms with van der Waals surface area (Å²) in [6.07, 6.45) is 0. The van der Waals surface area contributed by atoms with Gasteiger partial charge in [-0.3, -0.25) is 0 Å². The third-order valence-electron chi connectivity index (χ3n) is 2.82. The maximum Gasteiger partial charge on any atom is 0.106 e. The Kier molecular flexibility index (Phi) is 2.53. The molecule has 0 spiro atoms. The quantitative estimate of drug-likeness (QED) is 0.762. The van der Waals surface area contributed by atoms with E-state index >= 15 is 0 Å². The van der Waals surface area contributed by atoms with Gasteiger partial charge in [0.15, 0.2) is 0 Å². The molecule has 0 aliphatic rings. The van der Waals surface area contributed by atoms with Crippen LogP contribution in [0.4, 0.5) is 0 Å².